The van der Waals surface area contributed by atoms with E-state index in [1.807, 2.05) is 0 Å². The third-order valence-corrected chi connectivity index (χ3v) is 3.88. The van der Waals surface area contributed by atoms with Crippen LogP contribution in [-0.2, 0) is 19.1 Å². The summed E-state index contributed by atoms with van der Waals surface area (Å²) in [7, 11) is 0. The van der Waals surface area contributed by atoms with Crippen molar-refractivity contribution < 1.29 is 19.1 Å². The van der Waals surface area contributed by atoms with E-state index < -0.39 is 5.41 Å². The van der Waals surface area contributed by atoms with E-state index in [-0.39, 0.29) is 24.0 Å². The summed E-state index contributed by atoms with van der Waals surface area (Å²) in [6, 6.07) is 0. The van der Waals surface area contributed by atoms with Gasteiger partial charge in [-0.2, -0.15) is 0 Å². The summed E-state index contributed by atoms with van der Waals surface area (Å²) in [5.74, 6) is -0.173. The van der Waals surface area contributed by atoms with Crippen LogP contribution in [0.15, 0.2) is 11.6 Å². The number of carbonyl (C=O) groups is 3. The number of allylic oxidation sites excluding steroid dienone is 2. The van der Waals surface area contributed by atoms with Crippen molar-refractivity contribution in [2.75, 3.05) is 6.61 Å². The highest BCUT2D eigenvalue weighted by atomic mass is 16.5. The predicted octanol–water partition coefficient (Wildman–Crippen LogP) is 1.97. The highest BCUT2D eigenvalue weighted by Gasteiger charge is 2.47. The average molecular weight is 250 g/mol. The Morgan fingerprint density at radius 2 is 2.11 bits per heavy atom. The summed E-state index contributed by atoms with van der Waals surface area (Å²) in [6.07, 6.45) is 4.53. The molecule has 1 atom stereocenters. The van der Waals surface area contributed by atoms with E-state index >= 15 is 0 Å². The van der Waals surface area contributed by atoms with Crippen molar-refractivity contribution >= 4 is 17.5 Å². The lowest BCUT2D eigenvalue weighted by Crippen LogP contribution is -2.41. The quantitative estimate of drug-likeness (QED) is 0.718. The number of fused-ring (bicyclic) bond motifs is 1. The minimum atomic E-state index is -0.738. The Balaban J connectivity index is 2.28. The first kappa shape index (κ1) is 13.0. The van der Waals surface area contributed by atoms with E-state index in [0.29, 0.717) is 25.9 Å². The Morgan fingerprint density at radius 1 is 1.33 bits per heavy atom. The van der Waals surface area contributed by atoms with E-state index in [9.17, 15) is 14.4 Å². The molecule has 1 fully saturated rings. The Bertz CT molecular complexity index is 422. The molecule has 0 heterocycles. The molecule has 2 aliphatic carbocycles. The van der Waals surface area contributed by atoms with Gasteiger partial charge in [0.2, 0.25) is 0 Å². The van der Waals surface area contributed by atoms with Crippen LogP contribution in [0.3, 0.4) is 0 Å². The summed E-state index contributed by atoms with van der Waals surface area (Å²) < 4.78 is 4.96. The molecule has 98 valence electrons. The topological polar surface area (TPSA) is 60.4 Å². The molecule has 18 heavy (non-hydrogen) atoms. The van der Waals surface area contributed by atoms with E-state index in [0.717, 1.165) is 18.4 Å². The van der Waals surface area contributed by atoms with Gasteiger partial charge in [0.15, 0.2) is 5.78 Å². The van der Waals surface area contributed by atoms with Crippen LogP contribution < -0.4 is 0 Å². The monoisotopic (exact) mass is 250 g/mol. The molecule has 1 saturated carbocycles. The van der Waals surface area contributed by atoms with Gasteiger partial charge in [0.1, 0.15) is 5.78 Å². The van der Waals surface area contributed by atoms with E-state index in [4.69, 9.17) is 4.74 Å². The second kappa shape index (κ2) is 5.04. The van der Waals surface area contributed by atoms with Crippen molar-refractivity contribution in [1.29, 1.82) is 0 Å². The van der Waals surface area contributed by atoms with Gasteiger partial charge in [-0.1, -0.05) is 5.57 Å². The summed E-state index contributed by atoms with van der Waals surface area (Å²) >= 11 is 0. The van der Waals surface area contributed by atoms with Crippen molar-refractivity contribution in [2.45, 2.75) is 45.4 Å². The zero-order valence-corrected chi connectivity index (χ0v) is 10.7. The normalized spacial score (nSPS) is 27.5. The number of ether oxygens (including phenoxy) is 1. The molecule has 0 amide bonds. The SMILES string of the molecule is CCOC(=O)C[C@@]12CCC(=O)C=C1CCCC2=O. The van der Waals surface area contributed by atoms with Crippen LogP contribution in [0.2, 0.25) is 0 Å². The second-order valence-corrected chi connectivity index (χ2v) is 4.98. The van der Waals surface area contributed by atoms with Crippen LogP contribution >= 0.6 is 0 Å². The maximum absolute atomic E-state index is 12.2. The molecule has 4 nitrogen and oxygen atoms in total. The minimum absolute atomic E-state index is 0.0687. The molecule has 0 aromatic heterocycles. The van der Waals surface area contributed by atoms with E-state index in [2.05, 4.69) is 0 Å². The Kier molecular flexibility index (Phi) is 3.64. The Labute approximate surface area is 106 Å². The molecule has 0 N–H and O–H groups in total. The fourth-order valence-electron chi connectivity index (χ4n) is 2.97. The molecular weight excluding hydrogens is 232 g/mol. The van der Waals surface area contributed by atoms with Gasteiger partial charge in [-0.15, -0.1) is 0 Å². The molecule has 0 radical (unpaired) electrons. The van der Waals surface area contributed by atoms with Crippen LogP contribution in [0.4, 0.5) is 0 Å². The molecule has 0 aromatic rings. The molecule has 4 heteroatoms. The molecule has 0 spiro atoms. The zero-order chi connectivity index (χ0) is 13.2. The van der Waals surface area contributed by atoms with Crippen molar-refractivity contribution in [3.8, 4) is 0 Å². The van der Waals surface area contributed by atoms with E-state index in [1.54, 1.807) is 13.0 Å². The van der Waals surface area contributed by atoms with Crippen molar-refractivity contribution in [2.24, 2.45) is 5.41 Å². The first-order chi connectivity index (χ1) is 8.58. The molecule has 0 aromatic carbocycles. The van der Waals surface area contributed by atoms with Crippen molar-refractivity contribution in [3.05, 3.63) is 11.6 Å². The standard InChI is InChI=1S/C14H18O4/c1-2-18-13(17)9-14-7-6-11(15)8-10(14)4-3-5-12(14)16/h8H,2-7,9H2,1H3/t14-/m0/s1. The highest BCUT2D eigenvalue weighted by molar-refractivity contribution is 5.99. The van der Waals surface area contributed by atoms with E-state index in [1.165, 1.54) is 0 Å². The summed E-state index contributed by atoms with van der Waals surface area (Å²) in [6.45, 7) is 2.07. The van der Waals surface area contributed by atoms with Crippen molar-refractivity contribution in [1.82, 2.24) is 0 Å². The third kappa shape index (κ3) is 2.24. The molecule has 0 bridgehead atoms. The Hall–Kier alpha value is -1.45. The average Bonchev–Trinajstić information content (AvgIpc) is 2.32. The van der Waals surface area contributed by atoms with Crippen molar-refractivity contribution in [3.63, 3.8) is 0 Å². The number of rotatable bonds is 3. The number of hydrogen-bond acceptors (Lipinski definition) is 4. The van der Waals surface area contributed by atoms with Gasteiger partial charge < -0.3 is 4.74 Å². The molecule has 0 saturated heterocycles. The lowest BCUT2D eigenvalue weighted by Gasteiger charge is -2.39. The Morgan fingerprint density at radius 3 is 2.83 bits per heavy atom. The van der Waals surface area contributed by atoms with Gasteiger partial charge in [-0.25, -0.2) is 0 Å². The summed E-state index contributed by atoms with van der Waals surface area (Å²) in [4.78, 5) is 35.4. The van der Waals surface area contributed by atoms with Gasteiger partial charge >= 0.3 is 5.97 Å². The molecule has 0 unspecified atom stereocenters. The maximum Gasteiger partial charge on any atom is 0.307 e. The fourth-order valence-corrected chi connectivity index (χ4v) is 2.97. The number of hydrogen-bond donors (Lipinski definition) is 0. The maximum atomic E-state index is 12.2. The lowest BCUT2D eigenvalue weighted by atomic mass is 9.62. The predicted molar refractivity (Wildman–Crippen MR) is 64.9 cm³/mol. The first-order valence-electron chi connectivity index (χ1n) is 6.51. The summed E-state index contributed by atoms with van der Waals surface area (Å²) in [5, 5.41) is 0. The van der Waals surface area contributed by atoms with Crippen LogP contribution in [-0.4, -0.2) is 24.1 Å². The second-order valence-electron chi connectivity index (χ2n) is 4.98. The van der Waals surface area contributed by atoms with Gasteiger partial charge in [-0.3, -0.25) is 14.4 Å². The summed E-state index contributed by atoms with van der Waals surface area (Å²) in [5.41, 5.74) is 0.112. The van der Waals surface area contributed by atoms with Gasteiger partial charge in [0, 0.05) is 12.8 Å². The fraction of sp³-hybridized carbons (Fsp3) is 0.643. The zero-order valence-electron chi connectivity index (χ0n) is 10.7. The molecule has 2 aliphatic rings. The lowest BCUT2D eigenvalue weighted by molar-refractivity contribution is -0.149. The minimum Gasteiger partial charge on any atom is -0.466 e. The first-order valence-corrected chi connectivity index (χ1v) is 6.51. The number of carbonyl (C=O) groups excluding carboxylic acids is 3. The third-order valence-electron chi connectivity index (χ3n) is 3.88. The van der Waals surface area contributed by atoms with Crippen LogP contribution in [0.5, 0.6) is 0 Å². The number of esters is 1. The van der Waals surface area contributed by atoms with Gasteiger partial charge in [0.25, 0.3) is 0 Å². The van der Waals surface area contributed by atoms with Crippen LogP contribution in [0.25, 0.3) is 0 Å². The molecule has 2 rings (SSSR count). The largest absolute Gasteiger partial charge is 0.466 e. The van der Waals surface area contributed by atoms with Crippen LogP contribution in [0, 0.1) is 5.41 Å². The molecular formula is C14H18O4. The number of Topliss-reactive ketones (excluding diaryl/α,β-unsaturated/α-hetero) is 1. The van der Waals surface area contributed by atoms with Gasteiger partial charge in [0.05, 0.1) is 18.4 Å². The molecule has 0 aliphatic heterocycles. The number of ketones is 2. The van der Waals surface area contributed by atoms with Gasteiger partial charge in [-0.05, 0) is 32.3 Å². The smallest absolute Gasteiger partial charge is 0.307 e. The van der Waals surface area contributed by atoms with Crippen LogP contribution in [0.1, 0.15) is 45.4 Å². The highest BCUT2D eigenvalue weighted by Crippen LogP contribution is 2.47.